The number of nitrogens with two attached hydrogens (primary N) is 2. The zero-order valence-electron chi connectivity index (χ0n) is 5.66. The summed E-state index contributed by atoms with van der Waals surface area (Å²) in [6.45, 7) is 0. The lowest BCUT2D eigenvalue weighted by Crippen LogP contribution is -2.35. The minimum atomic E-state index is -0.775. The first kappa shape index (κ1) is 7.50. The second-order valence-corrected chi connectivity index (χ2v) is 2.83. The number of hydrogen-bond donors (Lipinski definition) is 3. The molecule has 0 aromatic carbocycles. The fraction of sp³-hybridized carbons (Fsp3) is 0.833. The zero-order chi connectivity index (χ0) is 7.72. The Kier molecular flexibility index (Phi) is 1.92. The van der Waals surface area contributed by atoms with E-state index in [9.17, 15) is 4.79 Å². The molecule has 0 aliphatic heterocycles. The minimum absolute atomic E-state index is 0.124. The molecule has 0 radical (unpaired) electrons. The van der Waals surface area contributed by atoms with Gasteiger partial charge in [-0.15, -0.1) is 0 Å². The molecule has 0 heterocycles. The molecule has 0 bridgehead atoms. The average Bonchev–Trinajstić information content (AvgIpc) is 2.13. The van der Waals surface area contributed by atoms with E-state index in [0.717, 1.165) is 0 Å². The van der Waals surface area contributed by atoms with E-state index in [0.29, 0.717) is 12.8 Å². The third-order valence-corrected chi connectivity index (χ3v) is 2.01. The Morgan fingerprint density at radius 1 is 1.30 bits per heavy atom. The molecule has 1 saturated carbocycles. The van der Waals surface area contributed by atoms with E-state index in [-0.39, 0.29) is 18.0 Å². The van der Waals surface area contributed by atoms with Gasteiger partial charge in [-0.05, 0) is 12.8 Å². The van der Waals surface area contributed by atoms with Crippen molar-refractivity contribution in [3.8, 4) is 0 Å². The highest BCUT2D eigenvalue weighted by atomic mass is 16.4. The van der Waals surface area contributed by atoms with Crippen molar-refractivity contribution >= 4 is 5.97 Å². The highest BCUT2D eigenvalue weighted by Gasteiger charge is 2.33. The molecule has 2 atom stereocenters. The SMILES string of the molecule is NC1CC(C(=O)O)CC1N. The van der Waals surface area contributed by atoms with Crippen molar-refractivity contribution < 1.29 is 9.90 Å². The van der Waals surface area contributed by atoms with Gasteiger partial charge in [0.25, 0.3) is 0 Å². The monoisotopic (exact) mass is 144 g/mol. The van der Waals surface area contributed by atoms with E-state index in [4.69, 9.17) is 16.6 Å². The van der Waals surface area contributed by atoms with Crippen molar-refractivity contribution in [2.45, 2.75) is 24.9 Å². The van der Waals surface area contributed by atoms with Crippen molar-refractivity contribution in [1.82, 2.24) is 0 Å². The molecule has 4 nitrogen and oxygen atoms in total. The van der Waals surface area contributed by atoms with Crippen LogP contribution < -0.4 is 11.5 Å². The van der Waals surface area contributed by atoms with Gasteiger partial charge in [-0.1, -0.05) is 0 Å². The Hall–Kier alpha value is -0.610. The number of carboxylic acids is 1. The molecule has 0 aromatic rings. The lowest BCUT2D eigenvalue weighted by atomic mass is 10.1. The molecule has 1 aliphatic carbocycles. The predicted molar refractivity (Wildman–Crippen MR) is 36.3 cm³/mol. The van der Waals surface area contributed by atoms with Crippen molar-refractivity contribution in [3.05, 3.63) is 0 Å². The first-order chi connectivity index (χ1) is 4.61. The van der Waals surface area contributed by atoms with Crippen molar-refractivity contribution in [2.24, 2.45) is 17.4 Å². The summed E-state index contributed by atoms with van der Waals surface area (Å²) >= 11 is 0. The molecule has 4 heteroatoms. The molecule has 1 fully saturated rings. The van der Waals surface area contributed by atoms with E-state index in [1.54, 1.807) is 0 Å². The van der Waals surface area contributed by atoms with Gasteiger partial charge in [-0.2, -0.15) is 0 Å². The lowest BCUT2D eigenvalue weighted by molar-refractivity contribution is -0.141. The molecule has 1 aliphatic rings. The average molecular weight is 144 g/mol. The van der Waals surface area contributed by atoms with Gasteiger partial charge in [0.1, 0.15) is 0 Å². The van der Waals surface area contributed by atoms with Gasteiger partial charge in [0.05, 0.1) is 5.92 Å². The molecule has 0 saturated heterocycles. The smallest absolute Gasteiger partial charge is 0.306 e. The van der Waals surface area contributed by atoms with Crippen molar-refractivity contribution in [1.29, 1.82) is 0 Å². The number of hydrogen-bond acceptors (Lipinski definition) is 3. The molecular weight excluding hydrogens is 132 g/mol. The van der Waals surface area contributed by atoms with Crippen molar-refractivity contribution in [2.75, 3.05) is 0 Å². The maximum Gasteiger partial charge on any atom is 0.306 e. The zero-order valence-corrected chi connectivity index (χ0v) is 5.66. The van der Waals surface area contributed by atoms with Crippen LogP contribution in [0, 0.1) is 5.92 Å². The van der Waals surface area contributed by atoms with Gasteiger partial charge < -0.3 is 16.6 Å². The highest BCUT2D eigenvalue weighted by molar-refractivity contribution is 5.70. The molecule has 10 heavy (non-hydrogen) atoms. The summed E-state index contributed by atoms with van der Waals surface area (Å²) in [4.78, 5) is 10.4. The number of carbonyl (C=O) groups is 1. The minimum Gasteiger partial charge on any atom is -0.481 e. The Morgan fingerprint density at radius 3 is 1.90 bits per heavy atom. The Balaban J connectivity index is 2.49. The summed E-state index contributed by atoms with van der Waals surface area (Å²) in [5.41, 5.74) is 11.0. The second kappa shape index (κ2) is 2.56. The number of carboxylic acid groups (broad SMARTS) is 1. The first-order valence-electron chi connectivity index (χ1n) is 3.35. The summed E-state index contributed by atoms with van der Waals surface area (Å²) in [5.74, 6) is -1.09. The van der Waals surface area contributed by atoms with Crippen LogP contribution in [0.15, 0.2) is 0 Å². The van der Waals surface area contributed by atoms with Gasteiger partial charge in [-0.3, -0.25) is 4.79 Å². The third kappa shape index (κ3) is 1.27. The van der Waals surface area contributed by atoms with Gasteiger partial charge >= 0.3 is 5.97 Å². The van der Waals surface area contributed by atoms with Crippen LogP contribution in [0.3, 0.4) is 0 Å². The van der Waals surface area contributed by atoms with Gasteiger partial charge in [0, 0.05) is 12.1 Å². The third-order valence-electron chi connectivity index (χ3n) is 2.01. The maximum absolute atomic E-state index is 10.4. The van der Waals surface area contributed by atoms with Gasteiger partial charge in [-0.25, -0.2) is 0 Å². The van der Waals surface area contributed by atoms with Gasteiger partial charge in [0.2, 0.25) is 0 Å². The van der Waals surface area contributed by atoms with E-state index < -0.39 is 5.97 Å². The summed E-state index contributed by atoms with van der Waals surface area (Å²) in [7, 11) is 0. The normalized spacial score (nSPS) is 40.0. The molecule has 0 amide bonds. The Bertz CT molecular complexity index is 139. The van der Waals surface area contributed by atoms with E-state index in [1.807, 2.05) is 0 Å². The molecule has 0 spiro atoms. The van der Waals surface area contributed by atoms with Crippen LogP contribution in [0.25, 0.3) is 0 Å². The summed E-state index contributed by atoms with van der Waals surface area (Å²) < 4.78 is 0. The van der Waals surface area contributed by atoms with E-state index in [1.165, 1.54) is 0 Å². The van der Waals surface area contributed by atoms with E-state index in [2.05, 4.69) is 0 Å². The standard InChI is InChI=1S/C6H12N2O2/c7-4-1-3(6(9)10)2-5(4)8/h3-5H,1-2,7-8H2,(H,9,10). The van der Waals surface area contributed by atoms with Crippen LogP contribution >= 0.6 is 0 Å². The van der Waals surface area contributed by atoms with Crippen LogP contribution in [0.4, 0.5) is 0 Å². The van der Waals surface area contributed by atoms with E-state index >= 15 is 0 Å². The fourth-order valence-electron chi connectivity index (χ4n) is 1.30. The summed E-state index contributed by atoms with van der Waals surface area (Å²) in [5, 5.41) is 8.54. The van der Waals surface area contributed by atoms with Crippen LogP contribution in [0.5, 0.6) is 0 Å². The molecule has 58 valence electrons. The Morgan fingerprint density at radius 2 is 1.70 bits per heavy atom. The second-order valence-electron chi connectivity index (χ2n) is 2.83. The Labute approximate surface area is 59.2 Å². The van der Waals surface area contributed by atoms with Crippen LogP contribution in [0.1, 0.15) is 12.8 Å². The topological polar surface area (TPSA) is 89.3 Å². The molecular formula is C6H12N2O2. The van der Waals surface area contributed by atoms with Crippen LogP contribution in [-0.2, 0) is 4.79 Å². The lowest BCUT2D eigenvalue weighted by Gasteiger charge is -2.05. The first-order valence-corrected chi connectivity index (χ1v) is 3.35. The highest BCUT2D eigenvalue weighted by Crippen LogP contribution is 2.23. The predicted octanol–water partition coefficient (Wildman–Crippen LogP) is -0.864. The number of aliphatic carboxylic acids is 1. The fourth-order valence-corrected chi connectivity index (χ4v) is 1.30. The summed E-state index contributed by atoms with van der Waals surface area (Å²) in [6, 6.07) is -0.248. The molecule has 5 N–H and O–H groups in total. The molecule has 0 aromatic heterocycles. The summed E-state index contributed by atoms with van der Waals surface area (Å²) in [6.07, 6.45) is 1.05. The van der Waals surface area contributed by atoms with Crippen LogP contribution in [-0.4, -0.2) is 23.2 Å². The molecule has 1 rings (SSSR count). The quantitative estimate of drug-likeness (QED) is 0.446. The largest absolute Gasteiger partial charge is 0.481 e. The number of rotatable bonds is 1. The van der Waals surface area contributed by atoms with Crippen LogP contribution in [0.2, 0.25) is 0 Å². The van der Waals surface area contributed by atoms with Gasteiger partial charge in [0.15, 0.2) is 0 Å². The maximum atomic E-state index is 10.4. The molecule has 2 unspecified atom stereocenters. The van der Waals surface area contributed by atoms with Crippen molar-refractivity contribution in [3.63, 3.8) is 0 Å².